The van der Waals surface area contributed by atoms with E-state index < -0.39 is 5.97 Å². The molecule has 0 aliphatic carbocycles. The number of hydrogen-bond donors (Lipinski definition) is 1. The molecule has 0 fully saturated rings. The first kappa shape index (κ1) is 17.2. The SMILES string of the molecule is COC(=O)COc1cccc(/C=N\NC(=O)c2ccccc2C)c1. The molecule has 0 unspecified atom stereocenters. The van der Waals surface area contributed by atoms with E-state index in [-0.39, 0.29) is 12.5 Å². The highest BCUT2D eigenvalue weighted by Gasteiger charge is 2.06. The van der Waals surface area contributed by atoms with Gasteiger partial charge in [-0.2, -0.15) is 5.10 Å². The van der Waals surface area contributed by atoms with E-state index in [0.29, 0.717) is 11.3 Å². The van der Waals surface area contributed by atoms with E-state index in [9.17, 15) is 9.59 Å². The Morgan fingerprint density at radius 1 is 1.17 bits per heavy atom. The largest absolute Gasteiger partial charge is 0.482 e. The molecule has 0 atom stereocenters. The number of rotatable bonds is 6. The van der Waals surface area contributed by atoms with Crippen molar-refractivity contribution in [2.24, 2.45) is 5.10 Å². The van der Waals surface area contributed by atoms with E-state index in [2.05, 4.69) is 15.3 Å². The second-order valence-electron chi connectivity index (χ2n) is 4.95. The number of hydrogen-bond acceptors (Lipinski definition) is 5. The number of nitrogens with zero attached hydrogens (tertiary/aromatic N) is 1. The molecule has 0 radical (unpaired) electrons. The van der Waals surface area contributed by atoms with Crippen molar-refractivity contribution in [3.05, 3.63) is 65.2 Å². The lowest BCUT2D eigenvalue weighted by molar-refractivity contribution is -0.142. The average Bonchev–Trinajstić information content (AvgIpc) is 2.60. The minimum atomic E-state index is -0.459. The Morgan fingerprint density at radius 3 is 2.71 bits per heavy atom. The quantitative estimate of drug-likeness (QED) is 0.502. The van der Waals surface area contributed by atoms with Gasteiger partial charge in [0, 0.05) is 5.56 Å². The monoisotopic (exact) mass is 326 g/mol. The predicted molar refractivity (Wildman–Crippen MR) is 90.2 cm³/mol. The first-order chi connectivity index (χ1) is 11.6. The molecule has 0 aromatic heterocycles. The summed E-state index contributed by atoms with van der Waals surface area (Å²) in [6.07, 6.45) is 1.50. The van der Waals surface area contributed by atoms with Crippen molar-refractivity contribution in [1.29, 1.82) is 0 Å². The van der Waals surface area contributed by atoms with Gasteiger partial charge in [-0.25, -0.2) is 10.2 Å². The van der Waals surface area contributed by atoms with Crippen molar-refractivity contribution in [1.82, 2.24) is 5.43 Å². The van der Waals surface area contributed by atoms with Crippen LogP contribution in [-0.4, -0.2) is 31.8 Å². The lowest BCUT2D eigenvalue weighted by Gasteiger charge is -2.05. The van der Waals surface area contributed by atoms with Crippen LogP contribution in [0.3, 0.4) is 0 Å². The molecule has 2 aromatic carbocycles. The van der Waals surface area contributed by atoms with E-state index in [1.807, 2.05) is 19.1 Å². The summed E-state index contributed by atoms with van der Waals surface area (Å²) >= 11 is 0. The maximum atomic E-state index is 12.0. The van der Waals surface area contributed by atoms with Crippen LogP contribution in [0.1, 0.15) is 21.5 Å². The number of aryl methyl sites for hydroxylation is 1. The van der Waals surface area contributed by atoms with E-state index in [0.717, 1.165) is 11.1 Å². The van der Waals surface area contributed by atoms with Gasteiger partial charge < -0.3 is 9.47 Å². The van der Waals surface area contributed by atoms with Crippen LogP contribution in [-0.2, 0) is 9.53 Å². The minimum absolute atomic E-state index is 0.166. The summed E-state index contributed by atoms with van der Waals surface area (Å²) < 4.78 is 9.80. The van der Waals surface area contributed by atoms with Gasteiger partial charge in [0.15, 0.2) is 6.61 Å². The number of benzene rings is 2. The van der Waals surface area contributed by atoms with E-state index in [4.69, 9.17) is 4.74 Å². The van der Waals surface area contributed by atoms with Gasteiger partial charge in [0.1, 0.15) is 5.75 Å². The highest BCUT2D eigenvalue weighted by Crippen LogP contribution is 2.12. The Balaban J connectivity index is 1.95. The van der Waals surface area contributed by atoms with Crippen LogP contribution in [0.5, 0.6) is 5.75 Å². The zero-order valence-electron chi connectivity index (χ0n) is 13.5. The van der Waals surface area contributed by atoms with E-state index >= 15 is 0 Å². The molecular formula is C18H18N2O4. The van der Waals surface area contributed by atoms with Gasteiger partial charge in [-0.1, -0.05) is 30.3 Å². The summed E-state index contributed by atoms with van der Waals surface area (Å²) in [7, 11) is 1.30. The fraction of sp³-hybridized carbons (Fsp3) is 0.167. The summed E-state index contributed by atoms with van der Waals surface area (Å²) in [5.41, 5.74) is 4.66. The molecule has 24 heavy (non-hydrogen) atoms. The molecule has 2 aromatic rings. The molecular weight excluding hydrogens is 308 g/mol. The third-order valence-electron chi connectivity index (χ3n) is 3.21. The summed E-state index contributed by atoms with van der Waals surface area (Å²) in [5, 5.41) is 3.94. The molecule has 1 N–H and O–H groups in total. The number of amides is 1. The highest BCUT2D eigenvalue weighted by molar-refractivity contribution is 5.96. The van der Waals surface area contributed by atoms with Crippen LogP contribution in [0.25, 0.3) is 0 Å². The fourth-order valence-corrected chi connectivity index (χ4v) is 1.94. The molecule has 0 aliphatic heterocycles. The smallest absolute Gasteiger partial charge is 0.343 e. The lowest BCUT2D eigenvalue weighted by atomic mass is 10.1. The molecule has 6 heteroatoms. The van der Waals surface area contributed by atoms with Crippen molar-refractivity contribution in [3.63, 3.8) is 0 Å². The number of ether oxygens (including phenoxy) is 2. The molecule has 2 rings (SSSR count). The zero-order chi connectivity index (χ0) is 17.4. The lowest BCUT2D eigenvalue weighted by Crippen LogP contribution is -2.18. The summed E-state index contributed by atoms with van der Waals surface area (Å²) in [6, 6.07) is 14.2. The minimum Gasteiger partial charge on any atom is -0.482 e. The van der Waals surface area contributed by atoms with Crippen molar-refractivity contribution in [3.8, 4) is 5.75 Å². The van der Waals surface area contributed by atoms with Gasteiger partial charge in [0.2, 0.25) is 0 Å². The van der Waals surface area contributed by atoms with Gasteiger partial charge in [-0.15, -0.1) is 0 Å². The van der Waals surface area contributed by atoms with Crippen LogP contribution in [0.4, 0.5) is 0 Å². The summed E-state index contributed by atoms with van der Waals surface area (Å²) in [5.74, 6) is -0.225. The van der Waals surface area contributed by atoms with Gasteiger partial charge >= 0.3 is 5.97 Å². The Morgan fingerprint density at radius 2 is 1.96 bits per heavy atom. The summed E-state index contributed by atoms with van der Waals surface area (Å²) in [6.45, 7) is 1.70. The third-order valence-corrected chi connectivity index (χ3v) is 3.21. The van der Waals surface area contributed by atoms with Crippen LogP contribution in [0.2, 0.25) is 0 Å². The number of nitrogens with one attached hydrogen (secondary N) is 1. The molecule has 0 heterocycles. The molecule has 0 aliphatic rings. The number of carbonyl (C=O) groups excluding carboxylic acids is 2. The number of carbonyl (C=O) groups is 2. The molecule has 0 saturated carbocycles. The Labute approximate surface area is 140 Å². The molecule has 124 valence electrons. The van der Waals surface area contributed by atoms with Crippen LogP contribution in [0.15, 0.2) is 53.6 Å². The topological polar surface area (TPSA) is 77.0 Å². The molecule has 0 saturated heterocycles. The van der Waals surface area contributed by atoms with Crippen molar-refractivity contribution >= 4 is 18.1 Å². The number of esters is 1. The van der Waals surface area contributed by atoms with Gasteiger partial charge in [-0.3, -0.25) is 4.79 Å². The second-order valence-corrected chi connectivity index (χ2v) is 4.95. The van der Waals surface area contributed by atoms with E-state index in [1.165, 1.54) is 13.3 Å². The van der Waals surface area contributed by atoms with Gasteiger partial charge in [-0.05, 0) is 36.2 Å². The standard InChI is InChI=1S/C18H18N2O4/c1-13-6-3-4-9-16(13)18(22)20-19-11-14-7-5-8-15(10-14)24-12-17(21)23-2/h3-11H,12H2,1-2H3,(H,20,22)/b19-11-. The number of hydrazone groups is 1. The van der Waals surface area contributed by atoms with Crippen LogP contribution >= 0.6 is 0 Å². The number of methoxy groups -OCH3 is 1. The third kappa shape index (κ3) is 4.95. The first-order valence-corrected chi connectivity index (χ1v) is 7.29. The van der Waals surface area contributed by atoms with E-state index in [1.54, 1.807) is 36.4 Å². The Hall–Kier alpha value is -3.15. The zero-order valence-corrected chi connectivity index (χ0v) is 13.5. The van der Waals surface area contributed by atoms with Crippen molar-refractivity contribution < 1.29 is 19.1 Å². The van der Waals surface area contributed by atoms with Crippen molar-refractivity contribution in [2.45, 2.75) is 6.92 Å². The predicted octanol–water partition coefficient (Wildman–Crippen LogP) is 2.31. The second kappa shape index (κ2) is 8.47. The maximum Gasteiger partial charge on any atom is 0.343 e. The Kier molecular flexibility index (Phi) is 6.08. The average molecular weight is 326 g/mol. The molecule has 1 amide bonds. The van der Waals surface area contributed by atoms with Gasteiger partial charge in [0.05, 0.1) is 13.3 Å². The normalized spacial score (nSPS) is 10.4. The molecule has 0 spiro atoms. The molecule has 0 bridgehead atoms. The summed E-state index contributed by atoms with van der Waals surface area (Å²) in [4.78, 5) is 23.1. The molecule has 6 nitrogen and oxygen atoms in total. The van der Waals surface area contributed by atoms with Crippen LogP contribution < -0.4 is 10.2 Å². The Bertz CT molecular complexity index is 756. The highest BCUT2D eigenvalue weighted by atomic mass is 16.6. The first-order valence-electron chi connectivity index (χ1n) is 7.29. The fourth-order valence-electron chi connectivity index (χ4n) is 1.94. The van der Waals surface area contributed by atoms with Gasteiger partial charge in [0.25, 0.3) is 5.91 Å². The van der Waals surface area contributed by atoms with Crippen LogP contribution in [0, 0.1) is 6.92 Å². The maximum absolute atomic E-state index is 12.0. The van der Waals surface area contributed by atoms with Crippen molar-refractivity contribution in [2.75, 3.05) is 13.7 Å².